The zero-order chi connectivity index (χ0) is 16.8. The molecule has 0 aromatic carbocycles. The number of carbonyl (C=O) groups is 1. The van der Waals surface area contributed by atoms with E-state index in [2.05, 4.69) is 27.1 Å². The molecule has 1 fully saturated rings. The second-order valence-corrected chi connectivity index (χ2v) is 6.53. The molecule has 0 radical (unpaired) electrons. The first-order chi connectivity index (χ1) is 11.7. The molecule has 1 aliphatic rings. The Bertz CT molecular complexity index is 655. The van der Waals surface area contributed by atoms with E-state index in [1.165, 1.54) is 25.9 Å². The monoisotopic (exact) mass is 327 g/mol. The third-order valence-corrected chi connectivity index (χ3v) is 4.45. The van der Waals surface area contributed by atoms with E-state index in [0.29, 0.717) is 17.9 Å². The van der Waals surface area contributed by atoms with Gasteiger partial charge in [-0.2, -0.15) is 0 Å². The number of amides is 1. The summed E-state index contributed by atoms with van der Waals surface area (Å²) in [5.74, 6) is 1.44. The Labute approximate surface area is 142 Å². The van der Waals surface area contributed by atoms with Crippen LogP contribution in [0, 0.1) is 5.92 Å². The molecule has 0 bridgehead atoms. The molecule has 6 heteroatoms. The van der Waals surface area contributed by atoms with E-state index in [1.807, 2.05) is 6.20 Å². The van der Waals surface area contributed by atoms with Crippen molar-refractivity contribution in [3.63, 3.8) is 0 Å². The van der Waals surface area contributed by atoms with E-state index in [0.717, 1.165) is 18.9 Å². The van der Waals surface area contributed by atoms with Crippen molar-refractivity contribution >= 4 is 5.91 Å². The molecule has 1 N–H and O–H groups in total. The van der Waals surface area contributed by atoms with Gasteiger partial charge in [0.05, 0.1) is 0 Å². The highest BCUT2D eigenvalue weighted by Gasteiger charge is 2.15. The molecule has 1 amide bonds. The van der Waals surface area contributed by atoms with E-state index in [-0.39, 0.29) is 5.91 Å². The second-order valence-electron chi connectivity index (χ2n) is 6.53. The summed E-state index contributed by atoms with van der Waals surface area (Å²) in [5, 5.41) is 3.00. The lowest BCUT2D eigenvalue weighted by Crippen LogP contribution is -2.36. The summed E-state index contributed by atoms with van der Waals surface area (Å²) in [6.07, 6.45) is 10.4. The molecule has 1 atom stereocenters. The molecule has 2 aromatic rings. The number of piperidine rings is 1. The normalized spacial score (nSPS) is 18.5. The van der Waals surface area contributed by atoms with Crippen molar-refractivity contribution in [2.75, 3.05) is 26.2 Å². The van der Waals surface area contributed by atoms with E-state index in [9.17, 15) is 4.79 Å². The maximum Gasteiger partial charge on any atom is 0.251 e. The number of carbonyl (C=O) groups excluding carboxylic acids is 1. The zero-order valence-corrected chi connectivity index (χ0v) is 14.2. The summed E-state index contributed by atoms with van der Waals surface area (Å²) in [6, 6.07) is 3.52. The lowest BCUT2D eigenvalue weighted by molar-refractivity contribution is 0.0950. The van der Waals surface area contributed by atoms with E-state index >= 15 is 0 Å². The van der Waals surface area contributed by atoms with Crippen molar-refractivity contribution in [2.24, 2.45) is 5.92 Å². The molecule has 0 unspecified atom stereocenters. The Morgan fingerprint density at radius 2 is 2.33 bits per heavy atom. The van der Waals surface area contributed by atoms with Crippen LogP contribution in [0.3, 0.4) is 0 Å². The van der Waals surface area contributed by atoms with Gasteiger partial charge in [0.15, 0.2) is 0 Å². The lowest BCUT2D eigenvalue weighted by atomic mass is 10.0. The maximum atomic E-state index is 12.3. The van der Waals surface area contributed by atoms with Gasteiger partial charge < -0.3 is 10.2 Å². The number of imidazole rings is 1. The van der Waals surface area contributed by atoms with Crippen molar-refractivity contribution in [3.8, 4) is 5.82 Å². The van der Waals surface area contributed by atoms with Gasteiger partial charge in [-0.3, -0.25) is 9.36 Å². The first-order valence-corrected chi connectivity index (χ1v) is 8.67. The van der Waals surface area contributed by atoms with Crippen LogP contribution in [0.4, 0.5) is 0 Å². The number of nitrogens with zero attached hydrogens (tertiary/aromatic N) is 4. The molecule has 6 nitrogen and oxygen atoms in total. The number of aromatic nitrogens is 3. The van der Waals surface area contributed by atoms with E-state index < -0.39 is 0 Å². The fourth-order valence-corrected chi connectivity index (χ4v) is 3.19. The van der Waals surface area contributed by atoms with Gasteiger partial charge in [-0.15, -0.1) is 0 Å². The first kappa shape index (κ1) is 16.6. The Morgan fingerprint density at radius 1 is 1.42 bits per heavy atom. The summed E-state index contributed by atoms with van der Waals surface area (Å²) in [4.78, 5) is 23.1. The van der Waals surface area contributed by atoms with Gasteiger partial charge in [0, 0.05) is 37.2 Å². The highest BCUT2D eigenvalue weighted by atomic mass is 16.1. The molecular formula is C18H25N5O. The third-order valence-electron chi connectivity index (χ3n) is 4.45. The van der Waals surface area contributed by atoms with Gasteiger partial charge in [-0.25, -0.2) is 9.97 Å². The molecule has 0 aliphatic carbocycles. The van der Waals surface area contributed by atoms with Gasteiger partial charge in [0.1, 0.15) is 12.1 Å². The fraction of sp³-hybridized carbons (Fsp3) is 0.500. The van der Waals surface area contributed by atoms with Gasteiger partial charge in [0.25, 0.3) is 5.91 Å². The minimum atomic E-state index is -0.0502. The lowest BCUT2D eigenvalue weighted by Gasteiger charge is -2.30. The Kier molecular flexibility index (Phi) is 5.59. The van der Waals surface area contributed by atoms with Gasteiger partial charge in [-0.1, -0.05) is 6.92 Å². The first-order valence-electron chi connectivity index (χ1n) is 8.67. The van der Waals surface area contributed by atoms with Crippen LogP contribution in [-0.2, 0) is 0 Å². The Morgan fingerprint density at radius 3 is 3.12 bits per heavy atom. The maximum absolute atomic E-state index is 12.3. The summed E-state index contributed by atoms with van der Waals surface area (Å²) in [5.41, 5.74) is 0.625. The largest absolute Gasteiger partial charge is 0.352 e. The number of rotatable bonds is 6. The molecular weight excluding hydrogens is 302 g/mol. The summed E-state index contributed by atoms with van der Waals surface area (Å²) in [6.45, 7) is 6.45. The summed E-state index contributed by atoms with van der Waals surface area (Å²) < 4.78 is 1.79. The average molecular weight is 327 g/mol. The number of hydrogen-bond donors (Lipinski definition) is 1. The van der Waals surface area contributed by atoms with Gasteiger partial charge in [-0.05, 0) is 50.4 Å². The van der Waals surface area contributed by atoms with E-state index in [4.69, 9.17) is 0 Å². The fourth-order valence-electron chi connectivity index (χ4n) is 3.19. The highest BCUT2D eigenvalue weighted by molar-refractivity contribution is 5.94. The van der Waals surface area contributed by atoms with E-state index in [1.54, 1.807) is 35.4 Å². The van der Waals surface area contributed by atoms with Crippen LogP contribution in [0.2, 0.25) is 0 Å². The van der Waals surface area contributed by atoms with Crippen LogP contribution in [0.15, 0.2) is 37.1 Å². The third kappa shape index (κ3) is 4.41. The molecule has 1 aliphatic heterocycles. The topological polar surface area (TPSA) is 63.1 Å². The standard InChI is InChI=1S/C18H25N5O/c1-15-4-2-9-22(13-15)10-3-6-21-18(24)16-5-7-20-17(12-16)23-11-8-19-14-23/h5,7-8,11-12,14-15H,2-4,6,9-10,13H2,1H3,(H,21,24)/t15-/m0/s1. The van der Waals surface area contributed by atoms with Crippen LogP contribution in [-0.4, -0.2) is 51.5 Å². The molecule has 0 spiro atoms. The Hall–Kier alpha value is -2.21. The number of likely N-dealkylation sites (tertiary alicyclic amines) is 1. The van der Waals surface area contributed by atoms with Gasteiger partial charge >= 0.3 is 0 Å². The second kappa shape index (κ2) is 8.06. The minimum absolute atomic E-state index is 0.0502. The number of hydrogen-bond acceptors (Lipinski definition) is 4. The van der Waals surface area contributed by atoms with Crippen molar-refractivity contribution < 1.29 is 4.79 Å². The molecule has 0 saturated carbocycles. The number of pyridine rings is 1. The van der Waals surface area contributed by atoms with Crippen LogP contribution in [0.25, 0.3) is 5.82 Å². The van der Waals surface area contributed by atoms with Crippen LogP contribution in [0.1, 0.15) is 36.5 Å². The molecule has 2 aromatic heterocycles. The molecule has 1 saturated heterocycles. The van der Waals surface area contributed by atoms with Crippen molar-refractivity contribution in [3.05, 3.63) is 42.6 Å². The molecule has 3 heterocycles. The number of nitrogens with one attached hydrogen (secondary N) is 1. The minimum Gasteiger partial charge on any atom is -0.352 e. The van der Waals surface area contributed by atoms with Crippen LogP contribution >= 0.6 is 0 Å². The van der Waals surface area contributed by atoms with Crippen molar-refractivity contribution in [1.82, 2.24) is 24.8 Å². The quantitative estimate of drug-likeness (QED) is 0.826. The predicted octanol–water partition coefficient (Wildman–Crippen LogP) is 2.12. The molecule has 24 heavy (non-hydrogen) atoms. The highest BCUT2D eigenvalue weighted by Crippen LogP contribution is 2.15. The zero-order valence-electron chi connectivity index (χ0n) is 14.2. The van der Waals surface area contributed by atoms with Crippen molar-refractivity contribution in [1.29, 1.82) is 0 Å². The molecule has 128 valence electrons. The molecule has 3 rings (SSSR count). The van der Waals surface area contributed by atoms with Crippen LogP contribution < -0.4 is 5.32 Å². The average Bonchev–Trinajstić information content (AvgIpc) is 3.13. The van der Waals surface area contributed by atoms with Gasteiger partial charge in [0.2, 0.25) is 0 Å². The summed E-state index contributed by atoms with van der Waals surface area (Å²) >= 11 is 0. The summed E-state index contributed by atoms with van der Waals surface area (Å²) in [7, 11) is 0. The smallest absolute Gasteiger partial charge is 0.251 e. The SMILES string of the molecule is C[C@H]1CCCN(CCCNC(=O)c2ccnc(-n3ccnc3)c2)C1. The van der Waals surface area contributed by atoms with Crippen molar-refractivity contribution in [2.45, 2.75) is 26.2 Å². The predicted molar refractivity (Wildman–Crippen MR) is 93.1 cm³/mol. The Balaban J connectivity index is 1.46. The van der Waals surface area contributed by atoms with Crippen LogP contribution in [0.5, 0.6) is 0 Å².